The van der Waals surface area contributed by atoms with Gasteiger partial charge in [0, 0.05) is 25.4 Å². The summed E-state index contributed by atoms with van der Waals surface area (Å²) in [6, 6.07) is 15.9. The summed E-state index contributed by atoms with van der Waals surface area (Å²) in [5.74, 6) is -1.94. The molecule has 8 heteroatoms. The molecule has 2 fully saturated rings. The molecule has 0 aromatic heterocycles. The Balaban J connectivity index is 1.11. The second kappa shape index (κ2) is 9.10. The van der Waals surface area contributed by atoms with Gasteiger partial charge in [0.1, 0.15) is 12.5 Å². The van der Waals surface area contributed by atoms with Crippen LogP contribution in [0.15, 0.2) is 48.5 Å². The van der Waals surface area contributed by atoms with Gasteiger partial charge in [-0.05, 0) is 34.6 Å². The van der Waals surface area contributed by atoms with Gasteiger partial charge in [-0.25, -0.2) is 4.79 Å². The molecule has 34 heavy (non-hydrogen) atoms. The Hall–Kier alpha value is -3.39. The Labute approximate surface area is 197 Å². The zero-order valence-corrected chi connectivity index (χ0v) is 19.0. The topological polar surface area (TPSA) is 105 Å². The van der Waals surface area contributed by atoms with Gasteiger partial charge in [0.05, 0.1) is 19.3 Å². The molecule has 5 rings (SSSR count). The number of ether oxygens (including phenoxy) is 2. The zero-order chi connectivity index (χ0) is 23.8. The SMILES string of the molecule is CN(C(=O)[C@@H]1C[C@@H]1CNC(=O)OCC1c2ccccc2-c2ccccc21)C1COCC1C(=O)O. The van der Waals surface area contributed by atoms with E-state index in [0.29, 0.717) is 13.0 Å². The van der Waals surface area contributed by atoms with Gasteiger partial charge in [-0.2, -0.15) is 0 Å². The molecule has 0 bridgehead atoms. The quantitative estimate of drug-likeness (QED) is 0.653. The number of carbonyl (C=O) groups excluding carboxylic acids is 2. The highest BCUT2D eigenvalue weighted by Crippen LogP contribution is 2.44. The molecule has 2 N–H and O–H groups in total. The number of alkyl carbamates (subject to hydrolysis) is 1. The maximum atomic E-state index is 12.8. The van der Waals surface area contributed by atoms with E-state index >= 15 is 0 Å². The second-order valence-corrected chi connectivity index (χ2v) is 9.31. The summed E-state index contributed by atoms with van der Waals surface area (Å²) in [7, 11) is 1.63. The molecule has 0 spiro atoms. The Morgan fingerprint density at radius 3 is 2.32 bits per heavy atom. The van der Waals surface area contributed by atoms with Gasteiger partial charge >= 0.3 is 12.1 Å². The van der Waals surface area contributed by atoms with Crippen LogP contribution in [-0.2, 0) is 19.1 Å². The molecular weight excluding hydrogens is 436 g/mol. The number of hydrogen-bond acceptors (Lipinski definition) is 5. The van der Waals surface area contributed by atoms with E-state index in [1.54, 1.807) is 7.05 Å². The molecule has 2 unspecified atom stereocenters. The van der Waals surface area contributed by atoms with Gasteiger partial charge in [0.15, 0.2) is 0 Å². The smallest absolute Gasteiger partial charge is 0.407 e. The van der Waals surface area contributed by atoms with Crippen molar-refractivity contribution in [3.05, 3.63) is 59.7 Å². The summed E-state index contributed by atoms with van der Waals surface area (Å²) in [6.45, 7) is 0.946. The van der Waals surface area contributed by atoms with Crippen molar-refractivity contribution in [2.75, 3.05) is 33.4 Å². The van der Waals surface area contributed by atoms with Crippen LogP contribution < -0.4 is 5.32 Å². The van der Waals surface area contributed by atoms with E-state index in [-0.39, 0.29) is 43.5 Å². The Kier molecular flexibility index (Phi) is 6.00. The van der Waals surface area contributed by atoms with Gasteiger partial charge in [-0.1, -0.05) is 48.5 Å². The third kappa shape index (κ3) is 4.14. The predicted octanol–water partition coefficient (Wildman–Crippen LogP) is 2.72. The van der Waals surface area contributed by atoms with Gasteiger partial charge in [0.25, 0.3) is 0 Å². The number of carboxylic acids is 1. The zero-order valence-electron chi connectivity index (χ0n) is 19.0. The highest BCUT2D eigenvalue weighted by molar-refractivity contribution is 5.83. The molecule has 1 saturated heterocycles. The van der Waals surface area contributed by atoms with Crippen LogP contribution >= 0.6 is 0 Å². The highest BCUT2D eigenvalue weighted by atomic mass is 16.5. The molecule has 4 atom stereocenters. The van der Waals surface area contributed by atoms with Crippen molar-refractivity contribution < 1.29 is 29.0 Å². The maximum absolute atomic E-state index is 12.8. The van der Waals surface area contributed by atoms with Crippen LogP contribution in [0.4, 0.5) is 4.79 Å². The molecule has 1 aliphatic heterocycles. The van der Waals surface area contributed by atoms with E-state index in [0.717, 1.165) is 11.1 Å². The summed E-state index contributed by atoms with van der Waals surface area (Å²) >= 11 is 0. The number of fused-ring (bicyclic) bond motifs is 3. The van der Waals surface area contributed by atoms with Crippen molar-refractivity contribution >= 4 is 18.0 Å². The summed E-state index contributed by atoms with van der Waals surface area (Å²) < 4.78 is 10.8. The summed E-state index contributed by atoms with van der Waals surface area (Å²) in [5, 5.41) is 12.1. The average molecular weight is 465 g/mol. The van der Waals surface area contributed by atoms with E-state index in [1.165, 1.54) is 16.0 Å². The average Bonchev–Trinajstić information content (AvgIpc) is 3.31. The van der Waals surface area contributed by atoms with Gasteiger partial charge in [-0.3, -0.25) is 9.59 Å². The van der Waals surface area contributed by atoms with Crippen molar-refractivity contribution in [3.63, 3.8) is 0 Å². The normalized spacial score (nSPS) is 24.7. The molecule has 178 valence electrons. The first-order chi connectivity index (χ1) is 16.5. The monoisotopic (exact) mass is 464 g/mol. The largest absolute Gasteiger partial charge is 0.481 e. The van der Waals surface area contributed by atoms with Gasteiger partial charge < -0.3 is 24.8 Å². The number of carboxylic acid groups (broad SMARTS) is 1. The van der Waals surface area contributed by atoms with E-state index in [2.05, 4.69) is 29.6 Å². The first-order valence-corrected chi connectivity index (χ1v) is 11.6. The van der Waals surface area contributed by atoms with Crippen LogP contribution in [0.3, 0.4) is 0 Å². The minimum absolute atomic E-state index is 0.00198. The van der Waals surface area contributed by atoms with Crippen molar-refractivity contribution in [3.8, 4) is 11.1 Å². The lowest BCUT2D eigenvalue weighted by Gasteiger charge is -2.26. The standard InChI is InChI=1S/C26H28N2O6/c1-28(23-14-33-12-22(23)25(30)31)24(29)20-10-15(20)11-27-26(32)34-13-21-18-8-4-2-6-16(18)17-7-3-5-9-19(17)21/h2-9,15,20-23H,10-14H2,1H3,(H,27,32)(H,30,31)/t15-,20-,22?,23?/m1/s1. The highest BCUT2D eigenvalue weighted by Gasteiger charge is 2.47. The van der Waals surface area contributed by atoms with Crippen molar-refractivity contribution in [1.29, 1.82) is 0 Å². The lowest BCUT2D eigenvalue weighted by molar-refractivity contribution is -0.144. The summed E-state index contributed by atoms with van der Waals surface area (Å²) in [5.41, 5.74) is 4.66. The molecule has 1 saturated carbocycles. The lowest BCUT2D eigenvalue weighted by Crippen LogP contribution is -2.45. The molecule has 2 amide bonds. The van der Waals surface area contributed by atoms with Crippen LogP contribution in [0.25, 0.3) is 11.1 Å². The second-order valence-electron chi connectivity index (χ2n) is 9.31. The first-order valence-electron chi connectivity index (χ1n) is 11.6. The maximum Gasteiger partial charge on any atom is 0.407 e. The van der Waals surface area contributed by atoms with E-state index in [9.17, 15) is 19.5 Å². The van der Waals surface area contributed by atoms with Crippen molar-refractivity contribution in [1.82, 2.24) is 10.2 Å². The Morgan fingerprint density at radius 1 is 1.03 bits per heavy atom. The molecule has 0 radical (unpaired) electrons. The Morgan fingerprint density at radius 2 is 1.68 bits per heavy atom. The third-order valence-corrected chi connectivity index (χ3v) is 7.30. The van der Waals surface area contributed by atoms with Gasteiger partial charge in [0.2, 0.25) is 5.91 Å². The van der Waals surface area contributed by atoms with E-state index < -0.39 is 24.0 Å². The number of aliphatic carboxylic acids is 1. The summed E-state index contributed by atoms with van der Waals surface area (Å²) in [6.07, 6.45) is 0.168. The molecule has 3 aliphatic rings. The van der Waals surface area contributed by atoms with E-state index in [4.69, 9.17) is 9.47 Å². The van der Waals surface area contributed by atoms with Crippen molar-refractivity contribution in [2.24, 2.45) is 17.8 Å². The number of carbonyl (C=O) groups is 3. The van der Waals surface area contributed by atoms with Crippen LogP contribution in [-0.4, -0.2) is 67.4 Å². The molecule has 2 aromatic carbocycles. The molecular formula is C26H28N2O6. The molecule has 2 aromatic rings. The molecule has 8 nitrogen and oxygen atoms in total. The van der Waals surface area contributed by atoms with Crippen LogP contribution in [0.5, 0.6) is 0 Å². The predicted molar refractivity (Wildman–Crippen MR) is 123 cm³/mol. The van der Waals surface area contributed by atoms with Gasteiger partial charge in [-0.15, -0.1) is 0 Å². The summed E-state index contributed by atoms with van der Waals surface area (Å²) in [4.78, 5) is 38.0. The fourth-order valence-corrected chi connectivity index (χ4v) is 5.23. The minimum Gasteiger partial charge on any atom is -0.481 e. The molecule has 1 heterocycles. The minimum atomic E-state index is -0.952. The lowest BCUT2D eigenvalue weighted by atomic mass is 9.98. The van der Waals surface area contributed by atoms with Crippen LogP contribution in [0.2, 0.25) is 0 Å². The number of nitrogens with one attached hydrogen (secondary N) is 1. The van der Waals surface area contributed by atoms with Crippen LogP contribution in [0, 0.1) is 17.8 Å². The fraction of sp³-hybridized carbons (Fsp3) is 0.423. The number of rotatable bonds is 7. The first kappa shape index (κ1) is 22.4. The van der Waals surface area contributed by atoms with Crippen LogP contribution in [0.1, 0.15) is 23.5 Å². The molecule has 2 aliphatic carbocycles. The number of hydrogen-bond donors (Lipinski definition) is 2. The Bertz CT molecular complexity index is 1070. The fourth-order valence-electron chi connectivity index (χ4n) is 5.23. The number of benzene rings is 2. The third-order valence-electron chi connectivity index (χ3n) is 7.30. The van der Waals surface area contributed by atoms with Crippen molar-refractivity contribution in [2.45, 2.75) is 18.4 Å². The number of likely N-dealkylation sites (N-methyl/N-ethyl adjacent to an activating group) is 1. The number of amides is 2. The number of nitrogens with zero attached hydrogens (tertiary/aromatic N) is 1. The van der Waals surface area contributed by atoms with E-state index in [1.807, 2.05) is 24.3 Å².